The van der Waals surface area contributed by atoms with E-state index < -0.39 is 90.2 Å². The van der Waals surface area contributed by atoms with Crippen LogP contribution in [-0.4, -0.2) is 118 Å². The van der Waals surface area contributed by atoms with Crippen LogP contribution in [0, 0.1) is 5.92 Å². The number of primary amides is 1. The molecule has 55 heavy (non-hydrogen) atoms. The van der Waals surface area contributed by atoms with Crippen LogP contribution in [0.1, 0.15) is 71.3 Å². The van der Waals surface area contributed by atoms with E-state index in [1.54, 1.807) is 24.5 Å². The molecule has 0 saturated carbocycles. The van der Waals surface area contributed by atoms with E-state index in [-0.39, 0.29) is 57.1 Å². The summed E-state index contributed by atoms with van der Waals surface area (Å²) in [4.78, 5) is 98.0. The molecule has 0 bridgehead atoms. The second-order valence-corrected chi connectivity index (χ2v) is 13.5. The number of amides is 6. The molecule has 21 heteroatoms. The topological polar surface area (TPSA) is 375 Å². The number of aliphatic hydroxyl groups is 1. The Morgan fingerprint density at radius 3 is 1.87 bits per heavy atom. The number of rotatable bonds is 26. The maximum atomic E-state index is 13.7. The maximum Gasteiger partial charge on any atom is 0.326 e. The molecule has 7 atom stereocenters. The van der Waals surface area contributed by atoms with Crippen LogP contribution >= 0.6 is 0 Å². The summed E-state index contributed by atoms with van der Waals surface area (Å²) >= 11 is 0. The number of aliphatic carboxylic acids is 1. The molecular formula is C34H58N12O9. The number of pyridine rings is 1. The number of carboxylic acid groups (broad SMARTS) is 1. The minimum absolute atomic E-state index is 0.0288. The number of nitrogens with one attached hydrogen (secondary N) is 5. The van der Waals surface area contributed by atoms with Gasteiger partial charge in [0.25, 0.3) is 0 Å². The molecule has 0 aliphatic rings. The normalized spacial score (nSPS) is 14.8. The average molecular weight is 779 g/mol. The van der Waals surface area contributed by atoms with Crippen LogP contribution in [0.4, 0.5) is 0 Å². The zero-order valence-corrected chi connectivity index (χ0v) is 31.5. The van der Waals surface area contributed by atoms with Crippen LogP contribution in [0.2, 0.25) is 0 Å². The standard InChI is InChI=1S/C34H58N12O9/c1-18(2)14-24(44-28(49)21(36)15-20-8-6-12-40-17-20)31(52)42-22(9-4-5-11-35)30(51)46-27(19(3)47)32(53)43-23(10-7-13-41-34(38)39)29(50)45-25(33(54)55)16-26(37)48/h6,8,12,17-19,21-25,27,47H,4-5,7,9-11,13-16,35-36H2,1-3H3,(H2,37,48)(H,42,52)(H,43,53)(H,44,49)(H,45,50)(H,46,51)(H,54,55)(H4,38,39,41)/t19-,21+,22+,23+,24+,25+,27+/m1/s1. The fourth-order valence-corrected chi connectivity index (χ4v) is 5.25. The van der Waals surface area contributed by atoms with Crippen molar-refractivity contribution in [2.24, 2.45) is 39.6 Å². The first-order valence-corrected chi connectivity index (χ1v) is 18.0. The van der Waals surface area contributed by atoms with Crippen molar-refractivity contribution in [3.05, 3.63) is 30.1 Å². The first kappa shape index (κ1) is 47.6. The first-order chi connectivity index (χ1) is 25.9. The number of aromatic nitrogens is 1. The first-order valence-electron chi connectivity index (χ1n) is 18.0. The molecular weight excluding hydrogens is 720 g/mol. The fourth-order valence-electron chi connectivity index (χ4n) is 5.25. The van der Waals surface area contributed by atoms with Gasteiger partial charge in [0.2, 0.25) is 35.4 Å². The van der Waals surface area contributed by atoms with Gasteiger partial charge >= 0.3 is 5.97 Å². The van der Waals surface area contributed by atoms with Crippen molar-refractivity contribution in [3.8, 4) is 0 Å². The summed E-state index contributed by atoms with van der Waals surface area (Å²) in [5, 5.41) is 32.3. The number of unbranched alkanes of at least 4 members (excludes halogenated alkanes) is 1. The highest BCUT2D eigenvalue weighted by Gasteiger charge is 2.35. The molecule has 0 aromatic carbocycles. The smallest absolute Gasteiger partial charge is 0.326 e. The van der Waals surface area contributed by atoms with E-state index in [0.29, 0.717) is 18.4 Å². The zero-order valence-electron chi connectivity index (χ0n) is 31.5. The van der Waals surface area contributed by atoms with Gasteiger partial charge in [0, 0.05) is 18.9 Å². The number of carbonyl (C=O) groups is 7. The number of hydrogen-bond acceptors (Lipinski definition) is 12. The summed E-state index contributed by atoms with van der Waals surface area (Å²) in [6.45, 7) is 5.20. The highest BCUT2D eigenvalue weighted by atomic mass is 16.4. The number of nitrogens with zero attached hydrogens (tertiary/aromatic N) is 2. The van der Waals surface area contributed by atoms with Gasteiger partial charge in [-0.2, -0.15) is 0 Å². The average Bonchev–Trinajstić information content (AvgIpc) is 3.10. The van der Waals surface area contributed by atoms with Crippen LogP contribution in [-0.2, 0) is 40.0 Å². The monoisotopic (exact) mass is 778 g/mol. The Balaban J connectivity index is 3.24. The lowest BCUT2D eigenvalue weighted by atomic mass is 10.0. The molecule has 0 aliphatic heterocycles. The Morgan fingerprint density at radius 2 is 1.35 bits per heavy atom. The van der Waals surface area contributed by atoms with Gasteiger partial charge in [0.1, 0.15) is 30.2 Å². The van der Waals surface area contributed by atoms with Crippen molar-refractivity contribution >= 4 is 47.4 Å². The van der Waals surface area contributed by atoms with Crippen LogP contribution in [0.5, 0.6) is 0 Å². The van der Waals surface area contributed by atoms with Crippen molar-refractivity contribution < 1.29 is 43.8 Å². The van der Waals surface area contributed by atoms with Crippen LogP contribution < -0.4 is 55.3 Å². The molecule has 17 N–H and O–H groups in total. The minimum atomic E-state index is -1.71. The molecule has 0 aliphatic carbocycles. The van der Waals surface area contributed by atoms with Gasteiger partial charge in [0.05, 0.1) is 18.6 Å². The van der Waals surface area contributed by atoms with E-state index in [4.69, 9.17) is 28.7 Å². The second-order valence-electron chi connectivity index (χ2n) is 13.5. The van der Waals surface area contributed by atoms with Gasteiger partial charge in [-0.05, 0) is 76.0 Å². The Morgan fingerprint density at radius 1 is 0.782 bits per heavy atom. The van der Waals surface area contributed by atoms with Gasteiger partial charge in [-0.25, -0.2) is 4.79 Å². The largest absolute Gasteiger partial charge is 0.480 e. The van der Waals surface area contributed by atoms with Crippen molar-refractivity contribution in [2.45, 2.75) is 114 Å². The molecule has 308 valence electrons. The molecule has 0 radical (unpaired) electrons. The van der Waals surface area contributed by atoms with E-state index in [2.05, 4.69) is 36.6 Å². The summed E-state index contributed by atoms with van der Waals surface area (Å²) in [5.74, 6) is -7.06. The summed E-state index contributed by atoms with van der Waals surface area (Å²) in [5.41, 5.74) is 28.3. The van der Waals surface area contributed by atoms with Crippen molar-refractivity contribution in [2.75, 3.05) is 13.1 Å². The molecule has 21 nitrogen and oxygen atoms in total. The second kappa shape index (κ2) is 24.8. The summed E-state index contributed by atoms with van der Waals surface area (Å²) in [6, 6.07) is -4.72. The number of aliphatic hydroxyl groups excluding tert-OH is 1. The van der Waals surface area contributed by atoms with Gasteiger partial charge in [-0.3, -0.25) is 38.7 Å². The van der Waals surface area contributed by atoms with Crippen molar-refractivity contribution in [1.29, 1.82) is 0 Å². The van der Waals surface area contributed by atoms with Crippen LogP contribution in [0.15, 0.2) is 29.5 Å². The number of aliphatic imine (C=N–C) groups is 1. The Kier molecular flexibility index (Phi) is 21.5. The lowest BCUT2D eigenvalue weighted by molar-refractivity contribution is -0.144. The molecule has 1 rings (SSSR count). The van der Waals surface area contributed by atoms with E-state index in [0.717, 1.165) is 0 Å². The van der Waals surface area contributed by atoms with Crippen LogP contribution in [0.3, 0.4) is 0 Å². The number of guanidine groups is 1. The van der Waals surface area contributed by atoms with Gasteiger partial charge in [0.15, 0.2) is 5.96 Å². The predicted octanol–water partition coefficient (Wildman–Crippen LogP) is -4.06. The lowest BCUT2D eigenvalue weighted by Crippen LogP contribution is -2.61. The van der Waals surface area contributed by atoms with Crippen molar-refractivity contribution in [3.63, 3.8) is 0 Å². The molecule has 1 heterocycles. The summed E-state index contributed by atoms with van der Waals surface area (Å²) in [6.07, 6.45) is 2.15. The van der Waals surface area contributed by atoms with E-state index >= 15 is 0 Å². The number of hydrogen-bond donors (Lipinski definition) is 12. The Bertz CT molecular complexity index is 1460. The van der Waals surface area contributed by atoms with Gasteiger partial charge < -0.3 is 65.5 Å². The van der Waals surface area contributed by atoms with Crippen molar-refractivity contribution in [1.82, 2.24) is 31.6 Å². The third-order valence-electron chi connectivity index (χ3n) is 8.10. The SMILES string of the molecule is CC(C)C[C@H](NC(=O)[C@@H](N)Cc1cccnc1)C(=O)N[C@@H](CCCCN)C(=O)N[C@H](C(=O)N[C@@H](CCCN=C(N)N)C(=O)N[C@@H](CC(N)=O)C(=O)O)[C@@H](C)O. The Hall–Kier alpha value is -5.41. The van der Waals surface area contributed by atoms with Gasteiger partial charge in [-0.1, -0.05) is 19.9 Å². The molecule has 0 saturated heterocycles. The zero-order chi connectivity index (χ0) is 41.7. The summed E-state index contributed by atoms with van der Waals surface area (Å²) < 4.78 is 0. The predicted molar refractivity (Wildman–Crippen MR) is 201 cm³/mol. The highest BCUT2D eigenvalue weighted by molar-refractivity contribution is 5.97. The lowest BCUT2D eigenvalue weighted by Gasteiger charge is -2.28. The number of carboxylic acids is 1. The molecule has 6 amide bonds. The molecule has 0 fully saturated rings. The van der Waals surface area contributed by atoms with E-state index in [1.165, 1.54) is 6.92 Å². The fraction of sp³-hybridized carbons (Fsp3) is 0.618. The van der Waals surface area contributed by atoms with Gasteiger partial charge in [-0.15, -0.1) is 0 Å². The molecule has 1 aromatic rings. The quantitative estimate of drug-likeness (QED) is 0.0242. The minimum Gasteiger partial charge on any atom is -0.480 e. The third kappa shape index (κ3) is 19.0. The number of nitrogens with two attached hydrogens (primary N) is 5. The molecule has 1 aromatic heterocycles. The molecule has 0 unspecified atom stereocenters. The molecule has 0 spiro atoms. The third-order valence-corrected chi connectivity index (χ3v) is 8.10. The maximum absolute atomic E-state index is 13.7. The Labute approximate surface area is 319 Å². The number of carbonyl (C=O) groups excluding carboxylic acids is 6. The summed E-state index contributed by atoms with van der Waals surface area (Å²) in [7, 11) is 0. The van der Waals surface area contributed by atoms with E-state index in [9.17, 15) is 43.8 Å². The van der Waals surface area contributed by atoms with E-state index in [1.807, 2.05) is 13.8 Å². The highest BCUT2D eigenvalue weighted by Crippen LogP contribution is 2.10. The van der Waals surface area contributed by atoms with Crippen LogP contribution in [0.25, 0.3) is 0 Å².